The molecule has 2 saturated heterocycles. The predicted octanol–water partition coefficient (Wildman–Crippen LogP) is 2.04. The molecule has 0 bridgehead atoms. The van der Waals surface area contributed by atoms with Crippen molar-refractivity contribution in [2.24, 2.45) is 5.92 Å². The maximum absolute atomic E-state index is 11.8. The van der Waals surface area contributed by atoms with Crippen LogP contribution in [0.1, 0.15) is 40.5 Å². The highest BCUT2D eigenvalue weighted by molar-refractivity contribution is 7.88. The molecule has 1 atom stereocenters. The van der Waals surface area contributed by atoms with E-state index >= 15 is 0 Å². The van der Waals surface area contributed by atoms with Gasteiger partial charge < -0.3 is 14.0 Å². The lowest BCUT2D eigenvalue weighted by Crippen LogP contribution is -2.41. The first kappa shape index (κ1) is 20.6. The molecule has 6 nitrogen and oxygen atoms in total. The van der Waals surface area contributed by atoms with Crippen LogP contribution >= 0.6 is 0 Å². The molecule has 27 heavy (non-hydrogen) atoms. The second-order valence-corrected chi connectivity index (χ2v) is 10.5. The van der Waals surface area contributed by atoms with Crippen molar-refractivity contribution in [1.29, 1.82) is 0 Å². The third kappa shape index (κ3) is 4.50. The molecule has 2 heterocycles. The van der Waals surface area contributed by atoms with Gasteiger partial charge in [0, 0.05) is 24.5 Å². The molecule has 2 fully saturated rings. The van der Waals surface area contributed by atoms with Gasteiger partial charge in [0.15, 0.2) is 0 Å². The van der Waals surface area contributed by atoms with E-state index < -0.39 is 28.3 Å². The van der Waals surface area contributed by atoms with E-state index in [2.05, 4.69) is 0 Å². The van der Waals surface area contributed by atoms with Gasteiger partial charge >= 0.3 is 7.12 Å². The molecule has 1 aromatic carbocycles. The van der Waals surface area contributed by atoms with E-state index in [1.54, 1.807) is 4.31 Å². The lowest BCUT2D eigenvalue weighted by molar-refractivity contribution is 0.00578. The Balaban J connectivity index is 1.69. The quantitative estimate of drug-likeness (QED) is 0.714. The third-order valence-electron chi connectivity index (χ3n) is 5.85. The molecule has 0 spiro atoms. The Kier molecular flexibility index (Phi) is 5.65. The molecule has 0 radical (unpaired) electrons. The van der Waals surface area contributed by atoms with Crippen LogP contribution in [0, 0.1) is 5.92 Å². The van der Waals surface area contributed by atoms with Gasteiger partial charge in [-0.3, -0.25) is 0 Å². The Morgan fingerprint density at radius 2 is 1.81 bits per heavy atom. The number of hydrogen-bond acceptors (Lipinski definition) is 5. The summed E-state index contributed by atoms with van der Waals surface area (Å²) in [6.07, 6.45) is 3.09. The molecule has 0 saturated carbocycles. The van der Waals surface area contributed by atoms with Crippen molar-refractivity contribution in [3.8, 4) is 5.75 Å². The number of ether oxygens (including phenoxy) is 1. The van der Waals surface area contributed by atoms with Crippen molar-refractivity contribution in [2.75, 3.05) is 26.0 Å². The van der Waals surface area contributed by atoms with Gasteiger partial charge in [0.2, 0.25) is 10.0 Å². The van der Waals surface area contributed by atoms with Gasteiger partial charge in [0.1, 0.15) is 5.75 Å². The van der Waals surface area contributed by atoms with Crippen molar-refractivity contribution < 1.29 is 22.5 Å². The summed E-state index contributed by atoms with van der Waals surface area (Å²) in [7, 11) is -3.63. The van der Waals surface area contributed by atoms with E-state index in [9.17, 15) is 8.42 Å². The summed E-state index contributed by atoms with van der Waals surface area (Å²) >= 11 is 0. The van der Waals surface area contributed by atoms with Crippen LogP contribution < -0.4 is 10.2 Å². The fourth-order valence-corrected chi connectivity index (χ4v) is 4.39. The number of rotatable bonds is 5. The van der Waals surface area contributed by atoms with E-state index in [-0.39, 0.29) is 5.92 Å². The molecule has 0 aromatic heterocycles. The highest BCUT2D eigenvalue weighted by Gasteiger charge is 2.52. The largest absolute Gasteiger partial charge is 0.498 e. The highest BCUT2D eigenvalue weighted by atomic mass is 32.2. The molecule has 1 aromatic rings. The van der Waals surface area contributed by atoms with E-state index in [1.807, 2.05) is 52.0 Å². The molecule has 2 aliphatic heterocycles. The number of para-hydroxylation sites is 1. The fraction of sp³-hybridized carbons (Fsp3) is 0.684. The second kappa shape index (κ2) is 7.39. The number of nitrogens with zero attached hydrogens (tertiary/aromatic N) is 1. The average Bonchev–Trinajstić information content (AvgIpc) is 2.80. The normalized spacial score (nSPS) is 25.5. The van der Waals surface area contributed by atoms with E-state index in [0.717, 1.165) is 24.1 Å². The van der Waals surface area contributed by atoms with E-state index in [0.29, 0.717) is 19.7 Å². The average molecular weight is 395 g/mol. The van der Waals surface area contributed by atoms with Gasteiger partial charge in [-0.05, 0) is 46.6 Å². The number of sulfonamides is 1. The third-order valence-corrected chi connectivity index (χ3v) is 7.12. The summed E-state index contributed by atoms with van der Waals surface area (Å²) < 4.78 is 43.6. The van der Waals surface area contributed by atoms with Crippen LogP contribution in [0.4, 0.5) is 0 Å². The number of hydrogen-bond donors (Lipinski definition) is 0. The minimum Gasteiger partial charge on any atom is -0.494 e. The van der Waals surface area contributed by atoms with Crippen LogP contribution in [-0.4, -0.2) is 57.0 Å². The summed E-state index contributed by atoms with van der Waals surface area (Å²) in [6.45, 7) is 9.69. The zero-order valence-corrected chi connectivity index (χ0v) is 17.7. The first-order valence-electron chi connectivity index (χ1n) is 9.52. The maximum atomic E-state index is 11.8. The second-order valence-electron chi connectivity index (χ2n) is 8.57. The van der Waals surface area contributed by atoms with Gasteiger partial charge in [0.25, 0.3) is 0 Å². The summed E-state index contributed by atoms with van der Waals surface area (Å²) in [5.41, 5.74) is 0.0424. The summed E-state index contributed by atoms with van der Waals surface area (Å²) in [4.78, 5) is 0. The van der Waals surface area contributed by atoms with Crippen molar-refractivity contribution in [3.63, 3.8) is 0 Å². The van der Waals surface area contributed by atoms with Crippen LogP contribution in [0.2, 0.25) is 0 Å². The van der Waals surface area contributed by atoms with Crippen molar-refractivity contribution >= 4 is 22.6 Å². The summed E-state index contributed by atoms with van der Waals surface area (Å²) in [6, 6.07) is 7.74. The molecule has 2 aliphatic rings. The SMILES string of the molecule is CC1(C)OB(c2ccccc2OCC2CCCN(S(C)(=O)=O)C2)OC1(C)C. The van der Waals surface area contributed by atoms with E-state index in [1.165, 1.54) is 6.26 Å². The molecule has 0 N–H and O–H groups in total. The number of benzene rings is 1. The van der Waals surface area contributed by atoms with Crippen LogP contribution in [0.15, 0.2) is 24.3 Å². The fourth-order valence-electron chi connectivity index (χ4n) is 3.45. The van der Waals surface area contributed by atoms with Crippen LogP contribution in [0.25, 0.3) is 0 Å². The molecule has 0 aliphatic carbocycles. The topological polar surface area (TPSA) is 65.1 Å². The van der Waals surface area contributed by atoms with Gasteiger partial charge in [-0.25, -0.2) is 12.7 Å². The Morgan fingerprint density at radius 1 is 1.19 bits per heavy atom. The standard InChI is InChI=1S/C19H30BNO5S/c1-18(2)19(3,4)26-20(25-18)16-10-6-7-11-17(16)24-14-15-9-8-12-21(13-15)27(5,22)23/h6-7,10-11,15H,8-9,12-14H2,1-5H3. The minimum absolute atomic E-state index is 0.180. The Hall–Kier alpha value is -1.09. The van der Waals surface area contributed by atoms with Crippen LogP contribution in [-0.2, 0) is 19.3 Å². The van der Waals surface area contributed by atoms with Crippen LogP contribution in [0.5, 0.6) is 5.75 Å². The molecule has 0 amide bonds. The van der Waals surface area contributed by atoms with Crippen molar-refractivity contribution in [1.82, 2.24) is 4.31 Å². The zero-order chi connectivity index (χ0) is 19.9. The monoisotopic (exact) mass is 395 g/mol. The first-order chi connectivity index (χ1) is 12.5. The van der Waals surface area contributed by atoms with Crippen molar-refractivity contribution in [3.05, 3.63) is 24.3 Å². The molecule has 1 unspecified atom stereocenters. The minimum atomic E-state index is -3.15. The van der Waals surface area contributed by atoms with Crippen LogP contribution in [0.3, 0.4) is 0 Å². The lowest BCUT2D eigenvalue weighted by Gasteiger charge is -2.32. The van der Waals surface area contributed by atoms with Gasteiger partial charge in [-0.15, -0.1) is 0 Å². The summed E-state index contributed by atoms with van der Waals surface area (Å²) in [5.74, 6) is 0.910. The Bertz CT molecular complexity index is 764. The van der Waals surface area contributed by atoms with E-state index in [4.69, 9.17) is 14.0 Å². The maximum Gasteiger partial charge on any atom is 0.498 e. The van der Waals surface area contributed by atoms with Gasteiger partial charge in [-0.1, -0.05) is 18.2 Å². The predicted molar refractivity (Wildman–Crippen MR) is 107 cm³/mol. The Labute approximate surface area is 163 Å². The van der Waals surface area contributed by atoms with Gasteiger partial charge in [-0.2, -0.15) is 0 Å². The summed E-state index contributed by atoms with van der Waals surface area (Å²) in [5, 5.41) is 0. The molecule has 8 heteroatoms. The lowest BCUT2D eigenvalue weighted by atomic mass is 9.78. The zero-order valence-electron chi connectivity index (χ0n) is 16.9. The Morgan fingerprint density at radius 3 is 2.44 bits per heavy atom. The van der Waals surface area contributed by atoms with Gasteiger partial charge in [0.05, 0.1) is 24.1 Å². The van der Waals surface area contributed by atoms with Crippen molar-refractivity contribution in [2.45, 2.75) is 51.7 Å². The highest BCUT2D eigenvalue weighted by Crippen LogP contribution is 2.37. The first-order valence-corrected chi connectivity index (χ1v) is 11.4. The molecule has 150 valence electrons. The smallest absolute Gasteiger partial charge is 0.494 e. The molecular formula is C19H30BNO5S. The number of piperidine rings is 1. The molecular weight excluding hydrogens is 365 g/mol. The molecule has 3 rings (SSSR count).